The first-order valence-corrected chi connectivity index (χ1v) is 24.3. The lowest BCUT2D eigenvalue weighted by atomic mass is 9.33. The van der Waals surface area contributed by atoms with Crippen LogP contribution in [-0.4, -0.2) is 180 Å². The van der Waals surface area contributed by atoms with Crippen molar-refractivity contribution in [1.82, 2.24) is 0 Å². The minimum atomic E-state index is -2.06. The quantitative estimate of drug-likeness (QED) is 0.107. The summed E-state index contributed by atoms with van der Waals surface area (Å²) < 4.78 is 35.8. The highest BCUT2D eigenvalue weighted by atomic mass is 16.8. The molecule has 382 valence electrons. The maximum absolute atomic E-state index is 13.2. The molecule has 0 aromatic carbocycles. The summed E-state index contributed by atoms with van der Waals surface area (Å²) >= 11 is 0. The molecule has 0 radical (unpaired) electrons. The van der Waals surface area contributed by atoms with E-state index >= 15 is 0 Å². The van der Waals surface area contributed by atoms with Gasteiger partial charge in [-0.2, -0.15) is 0 Å². The van der Waals surface area contributed by atoms with Crippen LogP contribution in [0.2, 0.25) is 0 Å². The topological polar surface area (TPSA) is 312 Å². The summed E-state index contributed by atoms with van der Waals surface area (Å²) in [6.07, 6.45) is -18.3. The van der Waals surface area contributed by atoms with Crippen molar-refractivity contribution in [3.8, 4) is 0 Å². The van der Waals surface area contributed by atoms with Crippen LogP contribution in [0.1, 0.15) is 113 Å². The molecule has 3 saturated heterocycles. The molecule has 0 aromatic rings. The number of carboxylic acids is 2. The zero-order chi connectivity index (χ0) is 49.1. The van der Waals surface area contributed by atoms with E-state index in [1.165, 1.54) is 5.57 Å². The van der Waals surface area contributed by atoms with Gasteiger partial charge in [-0.25, -0.2) is 4.79 Å². The van der Waals surface area contributed by atoms with Crippen molar-refractivity contribution in [2.75, 3.05) is 13.2 Å². The molecule has 19 heteroatoms. The van der Waals surface area contributed by atoms with E-state index in [2.05, 4.69) is 54.5 Å². The Hall–Kier alpha value is -1.92. The lowest BCUT2D eigenvalue weighted by Gasteiger charge is -2.71. The third kappa shape index (κ3) is 8.06. The van der Waals surface area contributed by atoms with Crippen LogP contribution in [0, 0.1) is 50.2 Å². The van der Waals surface area contributed by atoms with Crippen LogP contribution in [0.3, 0.4) is 0 Å². The average Bonchev–Trinajstić information content (AvgIpc) is 3.26. The molecule has 3 aliphatic heterocycles. The molecule has 8 aliphatic rings. The summed E-state index contributed by atoms with van der Waals surface area (Å²) in [5.41, 5.74) is -0.484. The molecule has 19 nitrogen and oxygen atoms in total. The van der Waals surface area contributed by atoms with Gasteiger partial charge in [0.1, 0.15) is 67.1 Å². The number of aliphatic hydroxyl groups is 9. The fourth-order valence-corrected chi connectivity index (χ4v) is 15.1. The molecule has 4 saturated carbocycles. The predicted molar refractivity (Wildman–Crippen MR) is 231 cm³/mol. The molecule has 3 heterocycles. The lowest BCUT2D eigenvalue weighted by Crippen LogP contribution is -2.68. The van der Waals surface area contributed by atoms with E-state index in [-0.39, 0.29) is 39.4 Å². The summed E-state index contributed by atoms with van der Waals surface area (Å²) in [6, 6.07) is 0. The first kappa shape index (κ1) is 51.4. The van der Waals surface area contributed by atoms with Crippen LogP contribution in [-0.2, 0) is 38.0 Å². The number of aliphatic carboxylic acids is 2. The summed E-state index contributed by atoms with van der Waals surface area (Å²) in [5.74, 6) is -2.00. The van der Waals surface area contributed by atoms with Crippen LogP contribution >= 0.6 is 0 Å². The second-order valence-corrected chi connectivity index (χ2v) is 23.5. The Bertz CT molecular complexity index is 1870. The monoisotopic (exact) mass is 956 g/mol. The second-order valence-electron chi connectivity index (χ2n) is 23.5. The summed E-state index contributed by atoms with van der Waals surface area (Å²) in [5, 5.41) is 117. The largest absolute Gasteiger partial charge is 0.481 e. The van der Waals surface area contributed by atoms with Gasteiger partial charge in [0.25, 0.3) is 0 Å². The Morgan fingerprint density at radius 3 is 1.73 bits per heavy atom. The molecule has 0 bridgehead atoms. The smallest absolute Gasteiger partial charge is 0.335 e. The Labute approximate surface area is 391 Å². The molecule has 8 rings (SSSR count). The molecule has 11 N–H and O–H groups in total. The highest BCUT2D eigenvalue weighted by Crippen LogP contribution is 2.76. The zero-order valence-corrected chi connectivity index (χ0v) is 39.7. The van der Waals surface area contributed by atoms with Gasteiger partial charge in [0, 0.05) is 0 Å². The molecule has 0 amide bonds. The number of allylic oxidation sites excluding steroid dienone is 2. The van der Waals surface area contributed by atoms with E-state index < -0.39 is 134 Å². The SMILES string of the molecule is CC1(C)CCC2(C(=O)O)CCC3(C)C(=CCC4C5(C)CCC(OC6OC(C(=O)O)C(OC7OC(CO)C(O)C(O)C7O)C(OC7OC(CO)C(O)C(O)C7O)C6O)C(C)(C)C5CCC43C)C2C1. The molecule has 0 aromatic heterocycles. The Kier molecular flexibility index (Phi) is 13.8. The fraction of sp³-hybridized carbons (Fsp3) is 0.917. The predicted octanol–water partition coefficient (Wildman–Crippen LogP) is 0.799. The molecule has 5 aliphatic carbocycles. The van der Waals surface area contributed by atoms with Gasteiger partial charge in [-0.1, -0.05) is 60.1 Å². The maximum Gasteiger partial charge on any atom is 0.335 e. The fourth-order valence-electron chi connectivity index (χ4n) is 15.1. The number of hydrogen-bond donors (Lipinski definition) is 11. The number of hydrogen-bond acceptors (Lipinski definition) is 17. The molecule has 23 unspecified atom stereocenters. The standard InChI is InChI=1S/C48H76O19/c1-43(2)14-16-48(42(60)61)17-15-46(6)21(22(48)18-43)8-9-26-45(5)12-11-27(44(3,4)25(45)10-13-47(26,46)7)64-41-34(57)35(65-39-32(55)30(53)28(51)23(19-49)62-39)36(37(67-41)38(58)59)66-40-33(56)31(54)29(52)24(20-50)63-40/h8,22-37,39-41,49-57H,9-20H2,1-7H3,(H,58,59)(H,60,61). The van der Waals surface area contributed by atoms with E-state index in [1.54, 1.807) is 0 Å². The Balaban J connectivity index is 1.07. The third-order valence-electron chi connectivity index (χ3n) is 19.3. The number of ether oxygens (including phenoxy) is 6. The van der Waals surface area contributed by atoms with Crippen molar-refractivity contribution in [2.45, 2.75) is 211 Å². The van der Waals surface area contributed by atoms with Gasteiger partial charge in [0.05, 0.1) is 24.7 Å². The van der Waals surface area contributed by atoms with Crippen molar-refractivity contribution in [3.63, 3.8) is 0 Å². The van der Waals surface area contributed by atoms with Crippen molar-refractivity contribution in [1.29, 1.82) is 0 Å². The van der Waals surface area contributed by atoms with Crippen LogP contribution in [0.25, 0.3) is 0 Å². The zero-order valence-electron chi connectivity index (χ0n) is 39.7. The lowest BCUT2D eigenvalue weighted by molar-refractivity contribution is -0.389. The summed E-state index contributed by atoms with van der Waals surface area (Å²) in [7, 11) is 0. The number of rotatable bonds is 10. The highest BCUT2D eigenvalue weighted by Gasteiger charge is 2.70. The van der Waals surface area contributed by atoms with Gasteiger partial charge in [0.15, 0.2) is 25.0 Å². The minimum Gasteiger partial charge on any atom is -0.481 e. The number of fused-ring (bicyclic) bond motifs is 7. The van der Waals surface area contributed by atoms with Crippen LogP contribution in [0.4, 0.5) is 0 Å². The van der Waals surface area contributed by atoms with E-state index in [0.29, 0.717) is 19.3 Å². The Morgan fingerprint density at radius 2 is 1.18 bits per heavy atom. The Morgan fingerprint density at radius 1 is 0.627 bits per heavy atom. The van der Waals surface area contributed by atoms with Gasteiger partial charge in [-0.15, -0.1) is 0 Å². The van der Waals surface area contributed by atoms with Crippen molar-refractivity contribution < 1.29 is 94.2 Å². The number of aliphatic hydroxyl groups excluding tert-OH is 9. The minimum absolute atomic E-state index is 0.0244. The van der Waals surface area contributed by atoms with Gasteiger partial charge in [-0.3, -0.25) is 4.79 Å². The van der Waals surface area contributed by atoms with Gasteiger partial charge in [0.2, 0.25) is 0 Å². The summed E-state index contributed by atoms with van der Waals surface area (Å²) in [6.45, 7) is 14.3. The van der Waals surface area contributed by atoms with Crippen LogP contribution in [0.5, 0.6) is 0 Å². The van der Waals surface area contributed by atoms with E-state index in [9.17, 15) is 65.8 Å². The van der Waals surface area contributed by atoms with Gasteiger partial charge >= 0.3 is 11.9 Å². The van der Waals surface area contributed by atoms with Crippen molar-refractivity contribution in [3.05, 3.63) is 11.6 Å². The molecule has 0 spiro atoms. The summed E-state index contributed by atoms with van der Waals surface area (Å²) in [4.78, 5) is 26.3. The van der Waals surface area contributed by atoms with Gasteiger partial charge in [-0.05, 0) is 109 Å². The van der Waals surface area contributed by atoms with Crippen LogP contribution < -0.4 is 0 Å². The average molecular weight is 957 g/mol. The second kappa shape index (κ2) is 18.0. The molecular weight excluding hydrogens is 881 g/mol. The third-order valence-corrected chi connectivity index (χ3v) is 19.3. The number of carbonyl (C=O) groups is 2. The normalized spacial score (nSPS) is 52.7. The molecule has 23 atom stereocenters. The van der Waals surface area contributed by atoms with E-state index in [1.807, 2.05) is 0 Å². The van der Waals surface area contributed by atoms with Crippen molar-refractivity contribution >= 4 is 11.9 Å². The number of carboxylic acid groups (broad SMARTS) is 2. The first-order chi connectivity index (χ1) is 31.2. The van der Waals surface area contributed by atoms with E-state index in [4.69, 9.17) is 28.4 Å². The van der Waals surface area contributed by atoms with Crippen LogP contribution in [0.15, 0.2) is 11.6 Å². The van der Waals surface area contributed by atoms with Crippen molar-refractivity contribution in [2.24, 2.45) is 50.2 Å². The molecule has 67 heavy (non-hydrogen) atoms. The highest BCUT2D eigenvalue weighted by molar-refractivity contribution is 5.76. The molecule has 7 fully saturated rings. The first-order valence-electron chi connectivity index (χ1n) is 24.3. The molecular formula is C48H76O19. The van der Waals surface area contributed by atoms with E-state index in [0.717, 1.165) is 44.9 Å². The van der Waals surface area contributed by atoms with Gasteiger partial charge < -0.3 is 84.6 Å². The maximum atomic E-state index is 13.2.